The average molecular weight is 403 g/mol. The molecule has 1 aromatic carbocycles. The van der Waals surface area contributed by atoms with E-state index in [4.69, 9.17) is 4.74 Å². The van der Waals surface area contributed by atoms with Gasteiger partial charge in [-0.2, -0.15) is 0 Å². The van der Waals surface area contributed by atoms with Gasteiger partial charge in [0.15, 0.2) is 0 Å². The number of nitrogens with zero attached hydrogens (tertiary/aromatic N) is 2. The zero-order chi connectivity index (χ0) is 21.2. The number of carbonyl (C=O) groups excluding carboxylic acids is 3. The molecule has 0 aliphatic carbocycles. The number of hydrogen-bond acceptors (Lipinski definition) is 6. The summed E-state index contributed by atoms with van der Waals surface area (Å²) in [5.74, 6) is -1.32. The first-order valence-electron chi connectivity index (χ1n) is 9.59. The van der Waals surface area contributed by atoms with Gasteiger partial charge in [0.1, 0.15) is 6.04 Å². The second-order valence-electron chi connectivity index (χ2n) is 6.65. The van der Waals surface area contributed by atoms with Gasteiger partial charge in [0, 0.05) is 31.3 Å². The van der Waals surface area contributed by atoms with Gasteiger partial charge in [-0.3, -0.25) is 24.5 Å². The molecule has 0 bridgehead atoms. The molecule has 1 aromatic rings. The predicted octanol–water partition coefficient (Wildman–Crippen LogP) is 2.06. The van der Waals surface area contributed by atoms with Crippen molar-refractivity contribution in [2.75, 3.05) is 19.7 Å². The first kappa shape index (κ1) is 22.1. The molecule has 2 rings (SSSR count). The van der Waals surface area contributed by atoms with Gasteiger partial charge in [0.05, 0.1) is 18.0 Å². The number of non-ortho nitro benzene ring substituents is 1. The number of carbonyl (C=O) groups is 3. The molecule has 1 aliphatic heterocycles. The zero-order valence-corrected chi connectivity index (χ0v) is 16.3. The van der Waals surface area contributed by atoms with Crippen LogP contribution in [-0.2, 0) is 19.1 Å². The zero-order valence-electron chi connectivity index (χ0n) is 16.3. The second kappa shape index (κ2) is 10.9. The van der Waals surface area contributed by atoms with Crippen LogP contribution in [0.4, 0.5) is 5.69 Å². The van der Waals surface area contributed by atoms with Gasteiger partial charge in [0.25, 0.3) is 5.69 Å². The Bertz CT molecular complexity index is 775. The summed E-state index contributed by atoms with van der Waals surface area (Å²) in [5.41, 5.74) is 0.566. The van der Waals surface area contributed by atoms with Crippen LogP contribution >= 0.6 is 0 Å². The fourth-order valence-corrected chi connectivity index (χ4v) is 2.91. The molecular weight excluding hydrogens is 378 g/mol. The van der Waals surface area contributed by atoms with Gasteiger partial charge >= 0.3 is 5.97 Å². The summed E-state index contributed by atoms with van der Waals surface area (Å²) in [6, 6.07) is 4.81. The topological polar surface area (TPSA) is 119 Å². The molecule has 1 atom stereocenters. The Balaban J connectivity index is 1.99. The van der Waals surface area contributed by atoms with Gasteiger partial charge in [-0.25, -0.2) is 0 Å². The third kappa shape index (κ3) is 6.70. The number of amides is 2. The van der Waals surface area contributed by atoms with Crippen LogP contribution in [0.3, 0.4) is 0 Å². The number of rotatable bonds is 9. The van der Waals surface area contributed by atoms with E-state index in [9.17, 15) is 24.5 Å². The maximum atomic E-state index is 12.6. The van der Waals surface area contributed by atoms with Crippen molar-refractivity contribution in [3.8, 4) is 0 Å². The van der Waals surface area contributed by atoms with E-state index in [1.54, 1.807) is 0 Å². The Morgan fingerprint density at radius 3 is 2.69 bits per heavy atom. The van der Waals surface area contributed by atoms with Crippen LogP contribution in [0, 0.1) is 10.1 Å². The lowest BCUT2D eigenvalue weighted by Crippen LogP contribution is -2.57. The summed E-state index contributed by atoms with van der Waals surface area (Å²) < 4.78 is 5.15. The average Bonchev–Trinajstić information content (AvgIpc) is 2.71. The molecule has 1 saturated heterocycles. The highest BCUT2D eigenvalue weighted by atomic mass is 16.6. The number of ether oxygens (including phenoxy) is 1. The first-order chi connectivity index (χ1) is 13.9. The quantitative estimate of drug-likeness (QED) is 0.222. The van der Waals surface area contributed by atoms with Crippen LogP contribution in [0.5, 0.6) is 0 Å². The summed E-state index contributed by atoms with van der Waals surface area (Å²) >= 11 is 0. The number of nitrogens with one attached hydrogen (secondary N) is 1. The van der Waals surface area contributed by atoms with E-state index in [0.29, 0.717) is 18.7 Å². The summed E-state index contributed by atoms with van der Waals surface area (Å²) in [7, 11) is 0. The van der Waals surface area contributed by atoms with Gasteiger partial charge in [0.2, 0.25) is 11.8 Å². The van der Waals surface area contributed by atoms with E-state index in [2.05, 4.69) is 5.32 Å². The minimum atomic E-state index is -0.920. The van der Waals surface area contributed by atoms with Gasteiger partial charge < -0.3 is 15.0 Å². The van der Waals surface area contributed by atoms with E-state index in [-0.39, 0.29) is 24.6 Å². The molecule has 1 N–H and O–H groups in total. The predicted molar refractivity (Wildman–Crippen MR) is 106 cm³/mol. The van der Waals surface area contributed by atoms with Gasteiger partial charge in [-0.05, 0) is 30.2 Å². The Morgan fingerprint density at radius 2 is 2.03 bits per heavy atom. The maximum absolute atomic E-state index is 12.6. The molecule has 1 aliphatic rings. The number of benzene rings is 1. The molecule has 1 fully saturated rings. The van der Waals surface area contributed by atoms with Crippen molar-refractivity contribution in [1.29, 1.82) is 0 Å². The van der Waals surface area contributed by atoms with Crippen LogP contribution < -0.4 is 5.32 Å². The van der Waals surface area contributed by atoms with E-state index < -0.39 is 22.8 Å². The Morgan fingerprint density at radius 1 is 1.31 bits per heavy atom. The van der Waals surface area contributed by atoms with Crippen LogP contribution in [0.1, 0.15) is 38.2 Å². The van der Waals surface area contributed by atoms with Crippen LogP contribution in [0.15, 0.2) is 30.3 Å². The van der Waals surface area contributed by atoms with E-state index >= 15 is 0 Å². The second-order valence-corrected chi connectivity index (χ2v) is 6.65. The Labute approximate surface area is 168 Å². The molecule has 0 radical (unpaired) electrons. The lowest BCUT2D eigenvalue weighted by Gasteiger charge is -2.33. The summed E-state index contributed by atoms with van der Waals surface area (Å²) in [4.78, 5) is 48.3. The van der Waals surface area contributed by atoms with Crippen molar-refractivity contribution in [2.45, 2.75) is 38.6 Å². The number of unbranched alkanes of at least 4 members (excludes halogenated alkanes) is 2. The van der Waals surface area contributed by atoms with Crippen molar-refractivity contribution < 1.29 is 24.0 Å². The Hall–Kier alpha value is -3.23. The molecule has 9 nitrogen and oxygen atoms in total. The molecule has 1 heterocycles. The van der Waals surface area contributed by atoms with Gasteiger partial charge in [-0.1, -0.05) is 19.8 Å². The highest BCUT2D eigenvalue weighted by molar-refractivity contribution is 5.97. The monoisotopic (exact) mass is 403 g/mol. The smallest absolute Gasteiger partial charge is 0.308 e. The molecule has 29 heavy (non-hydrogen) atoms. The molecule has 0 aromatic heterocycles. The van der Waals surface area contributed by atoms with E-state index in [0.717, 1.165) is 19.3 Å². The van der Waals surface area contributed by atoms with E-state index in [1.165, 1.54) is 41.3 Å². The standard InChI is InChI=1S/C20H25N3O6/c1-2-3-4-13-29-19(25)14-17-20(26)21-11-12-22(17)18(24)10-7-15-5-8-16(9-6-15)23(27)28/h5-10,17H,2-4,11-14H2,1H3,(H,21,26)/b10-7+. The largest absolute Gasteiger partial charge is 0.466 e. The minimum absolute atomic E-state index is 0.0429. The molecule has 1 unspecified atom stereocenters. The molecule has 2 amide bonds. The molecular formula is C20H25N3O6. The SMILES string of the molecule is CCCCCOC(=O)CC1C(=O)NCCN1C(=O)/C=C/c1ccc([N+](=O)[O-])cc1. The lowest BCUT2D eigenvalue weighted by atomic mass is 10.1. The first-order valence-corrected chi connectivity index (χ1v) is 9.59. The van der Waals surface area contributed by atoms with Crippen molar-refractivity contribution >= 4 is 29.5 Å². The van der Waals surface area contributed by atoms with Crippen LogP contribution in [0.25, 0.3) is 6.08 Å². The van der Waals surface area contributed by atoms with Crippen LogP contribution in [0.2, 0.25) is 0 Å². The lowest BCUT2D eigenvalue weighted by molar-refractivity contribution is -0.384. The number of hydrogen-bond donors (Lipinski definition) is 1. The number of piperazine rings is 1. The minimum Gasteiger partial charge on any atom is -0.466 e. The van der Waals surface area contributed by atoms with Crippen LogP contribution in [-0.4, -0.2) is 53.3 Å². The highest BCUT2D eigenvalue weighted by Crippen LogP contribution is 2.15. The third-order valence-electron chi connectivity index (χ3n) is 4.51. The molecule has 156 valence electrons. The van der Waals surface area contributed by atoms with Crippen molar-refractivity contribution in [1.82, 2.24) is 10.2 Å². The number of esters is 1. The number of nitro groups is 1. The van der Waals surface area contributed by atoms with E-state index in [1.807, 2.05) is 6.92 Å². The van der Waals surface area contributed by atoms with Crippen molar-refractivity contribution in [3.63, 3.8) is 0 Å². The fourth-order valence-electron chi connectivity index (χ4n) is 2.91. The number of nitro benzene ring substituents is 1. The summed E-state index contributed by atoms with van der Waals surface area (Å²) in [6.45, 7) is 2.93. The normalized spacial score (nSPS) is 16.5. The van der Waals surface area contributed by atoms with Gasteiger partial charge in [-0.15, -0.1) is 0 Å². The highest BCUT2D eigenvalue weighted by Gasteiger charge is 2.34. The van der Waals surface area contributed by atoms with Crippen molar-refractivity contribution in [3.05, 3.63) is 46.0 Å². The molecule has 0 spiro atoms. The van der Waals surface area contributed by atoms with Crippen molar-refractivity contribution in [2.24, 2.45) is 0 Å². The molecule has 9 heteroatoms. The summed E-state index contributed by atoms with van der Waals surface area (Å²) in [6.07, 6.45) is 5.33. The molecule has 0 saturated carbocycles. The fraction of sp³-hybridized carbons (Fsp3) is 0.450. The third-order valence-corrected chi connectivity index (χ3v) is 4.51. The Kier molecular flexibility index (Phi) is 8.32. The summed E-state index contributed by atoms with van der Waals surface area (Å²) in [5, 5.41) is 13.4. The maximum Gasteiger partial charge on any atom is 0.308 e.